The molecule has 19 heavy (non-hydrogen) atoms. The average molecular weight is 262 g/mol. The first-order chi connectivity index (χ1) is 9.06. The van der Waals surface area contributed by atoms with Crippen LogP contribution in [0, 0.1) is 0 Å². The Hall–Kier alpha value is -2.21. The van der Waals surface area contributed by atoms with Crippen molar-refractivity contribution in [1.29, 1.82) is 0 Å². The number of aliphatic hydroxyl groups excluding tert-OH is 1. The van der Waals surface area contributed by atoms with Crippen LogP contribution in [0.2, 0.25) is 0 Å². The van der Waals surface area contributed by atoms with E-state index in [4.69, 9.17) is 0 Å². The lowest BCUT2D eigenvalue weighted by atomic mass is 10.0. The molecule has 0 aliphatic carbocycles. The highest BCUT2D eigenvalue weighted by molar-refractivity contribution is 6.02. The van der Waals surface area contributed by atoms with E-state index in [0.29, 0.717) is 0 Å². The Morgan fingerprint density at radius 3 is 2.63 bits per heavy atom. The summed E-state index contributed by atoms with van der Waals surface area (Å²) >= 11 is 0. The Morgan fingerprint density at radius 2 is 2.00 bits per heavy atom. The van der Waals surface area contributed by atoms with Crippen molar-refractivity contribution in [2.45, 2.75) is 25.0 Å². The van der Waals surface area contributed by atoms with Crippen molar-refractivity contribution in [1.82, 2.24) is 10.6 Å². The van der Waals surface area contributed by atoms with Crippen LogP contribution in [0.3, 0.4) is 0 Å². The van der Waals surface area contributed by atoms with Crippen molar-refractivity contribution in [3.05, 3.63) is 35.9 Å². The molecule has 6 heteroatoms. The second-order valence-corrected chi connectivity index (χ2v) is 4.39. The number of carbonyl (C=O) groups is 3. The molecule has 2 atom stereocenters. The van der Waals surface area contributed by atoms with E-state index in [1.165, 1.54) is 0 Å². The molecule has 0 saturated carbocycles. The number of imide groups is 1. The third-order valence-corrected chi connectivity index (χ3v) is 2.85. The maximum Gasteiger partial charge on any atom is 0.251 e. The van der Waals surface area contributed by atoms with E-state index >= 15 is 0 Å². The van der Waals surface area contributed by atoms with Gasteiger partial charge < -0.3 is 10.4 Å². The minimum atomic E-state index is -1.18. The van der Waals surface area contributed by atoms with E-state index < -0.39 is 24.0 Å². The summed E-state index contributed by atoms with van der Waals surface area (Å²) in [5.41, 5.74) is 0.807. The average Bonchev–Trinajstić information content (AvgIpc) is 2.35. The first-order valence-electron chi connectivity index (χ1n) is 5.91. The molecule has 2 unspecified atom stereocenters. The summed E-state index contributed by atoms with van der Waals surface area (Å²) in [5, 5.41) is 14.1. The van der Waals surface area contributed by atoms with Crippen molar-refractivity contribution in [3.63, 3.8) is 0 Å². The topological polar surface area (TPSA) is 95.5 Å². The number of hydrogen-bond acceptors (Lipinski definition) is 4. The second kappa shape index (κ2) is 5.62. The van der Waals surface area contributed by atoms with Gasteiger partial charge in [0.15, 0.2) is 0 Å². The normalized spacial score (nSPS) is 22.8. The van der Waals surface area contributed by atoms with Gasteiger partial charge in [0, 0.05) is 0 Å². The summed E-state index contributed by atoms with van der Waals surface area (Å²) in [7, 11) is 0. The smallest absolute Gasteiger partial charge is 0.251 e. The van der Waals surface area contributed by atoms with Gasteiger partial charge in [-0.2, -0.15) is 0 Å². The molecule has 0 aromatic heterocycles. The van der Waals surface area contributed by atoms with Crippen molar-refractivity contribution < 1.29 is 19.5 Å². The maximum atomic E-state index is 11.8. The van der Waals surface area contributed by atoms with Crippen LogP contribution in [0.5, 0.6) is 0 Å². The molecule has 1 aromatic carbocycles. The summed E-state index contributed by atoms with van der Waals surface area (Å²) in [6.07, 6.45) is -1.26. The monoisotopic (exact) mass is 262 g/mol. The molecule has 6 nitrogen and oxygen atoms in total. The van der Waals surface area contributed by atoms with Gasteiger partial charge in [-0.25, -0.2) is 0 Å². The molecule has 0 bridgehead atoms. The fourth-order valence-corrected chi connectivity index (χ4v) is 1.92. The number of hydrogen-bond donors (Lipinski definition) is 3. The van der Waals surface area contributed by atoms with E-state index in [0.717, 1.165) is 5.56 Å². The number of benzene rings is 1. The molecule has 100 valence electrons. The quantitative estimate of drug-likeness (QED) is 0.616. The molecule has 1 saturated heterocycles. The Labute approximate surface area is 109 Å². The van der Waals surface area contributed by atoms with Crippen LogP contribution in [0.1, 0.15) is 12.0 Å². The second-order valence-electron chi connectivity index (χ2n) is 4.39. The van der Waals surface area contributed by atoms with Gasteiger partial charge in [0.25, 0.3) is 5.91 Å². The zero-order valence-corrected chi connectivity index (χ0v) is 10.1. The Kier molecular flexibility index (Phi) is 3.91. The summed E-state index contributed by atoms with van der Waals surface area (Å²) in [5.74, 6) is -1.59. The van der Waals surface area contributed by atoms with E-state index in [-0.39, 0.29) is 18.7 Å². The number of rotatable bonds is 3. The molecule has 1 heterocycles. The summed E-state index contributed by atoms with van der Waals surface area (Å²) in [6, 6.07) is 7.97. The molecule has 1 aromatic rings. The van der Waals surface area contributed by atoms with Gasteiger partial charge in [-0.05, 0) is 5.56 Å². The standard InChI is InChI=1S/C13H14N2O4/c16-9-7-11(18)15-13(19)12(9)14-10(17)6-8-4-2-1-3-5-8/h1-5,9,12,16H,6-7H2,(H,14,17)(H,15,18,19). The van der Waals surface area contributed by atoms with Crippen molar-refractivity contribution in [3.8, 4) is 0 Å². The molecule has 1 aliphatic heterocycles. The van der Waals surface area contributed by atoms with Crippen molar-refractivity contribution >= 4 is 17.7 Å². The third-order valence-electron chi connectivity index (χ3n) is 2.85. The highest BCUT2D eigenvalue weighted by Crippen LogP contribution is 2.07. The molecule has 1 fully saturated rings. The Balaban J connectivity index is 1.95. The van der Waals surface area contributed by atoms with Gasteiger partial charge in [-0.3, -0.25) is 19.7 Å². The van der Waals surface area contributed by atoms with Gasteiger partial charge in [-0.1, -0.05) is 30.3 Å². The SMILES string of the molecule is O=C1CC(O)C(NC(=O)Cc2ccccc2)C(=O)N1. The number of nitrogens with one attached hydrogen (secondary N) is 2. The van der Waals surface area contributed by atoms with Gasteiger partial charge in [0.05, 0.1) is 18.9 Å². The summed E-state index contributed by atoms with van der Waals surface area (Å²) in [6.45, 7) is 0. The van der Waals surface area contributed by atoms with Gasteiger partial charge >= 0.3 is 0 Å². The molecule has 3 amide bonds. The van der Waals surface area contributed by atoms with Gasteiger partial charge in [0.1, 0.15) is 6.04 Å². The predicted octanol–water partition coefficient (Wildman–Crippen LogP) is -0.879. The zero-order valence-electron chi connectivity index (χ0n) is 10.1. The molecule has 0 spiro atoms. The fraction of sp³-hybridized carbons (Fsp3) is 0.308. The predicted molar refractivity (Wildman–Crippen MR) is 65.9 cm³/mol. The molecular formula is C13H14N2O4. The van der Waals surface area contributed by atoms with Crippen LogP contribution in [0.15, 0.2) is 30.3 Å². The number of aliphatic hydroxyl groups is 1. The zero-order chi connectivity index (χ0) is 13.8. The minimum absolute atomic E-state index is 0.116. The lowest BCUT2D eigenvalue weighted by Crippen LogP contribution is -2.59. The molecule has 2 rings (SSSR count). The molecule has 3 N–H and O–H groups in total. The van der Waals surface area contributed by atoms with Crippen LogP contribution in [-0.2, 0) is 20.8 Å². The van der Waals surface area contributed by atoms with E-state index in [1.807, 2.05) is 18.2 Å². The first-order valence-corrected chi connectivity index (χ1v) is 5.91. The van der Waals surface area contributed by atoms with Crippen molar-refractivity contribution in [2.24, 2.45) is 0 Å². The van der Waals surface area contributed by atoms with E-state index in [1.54, 1.807) is 12.1 Å². The fourth-order valence-electron chi connectivity index (χ4n) is 1.92. The van der Waals surface area contributed by atoms with E-state index in [9.17, 15) is 19.5 Å². The first kappa shape index (κ1) is 13.2. The Bertz CT molecular complexity index is 501. The van der Waals surface area contributed by atoms with Crippen molar-refractivity contribution in [2.75, 3.05) is 0 Å². The Morgan fingerprint density at radius 1 is 1.32 bits per heavy atom. The van der Waals surface area contributed by atoms with E-state index in [2.05, 4.69) is 10.6 Å². The largest absolute Gasteiger partial charge is 0.390 e. The van der Waals surface area contributed by atoms with Crippen LogP contribution >= 0.6 is 0 Å². The lowest BCUT2D eigenvalue weighted by molar-refractivity contribution is -0.142. The van der Waals surface area contributed by atoms with Crippen LogP contribution < -0.4 is 10.6 Å². The summed E-state index contributed by atoms with van der Waals surface area (Å²) in [4.78, 5) is 34.3. The van der Waals surface area contributed by atoms with Gasteiger partial charge in [-0.15, -0.1) is 0 Å². The van der Waals surface area contributed by atoms with Crippen LogP contribution in [0.25, 0.3) is 0 Å². The highest BCUT2D eigenvalue weighted by atomic mass is 16.3. The number of piperidine rings is 1. The van der Waals surface area contributed by atoms with Crippen LogP contribution in [0.4, 0.5) is 0 Å². The number of carbonyl (C=O) groups excluding carboxylic acids is 3. The molecule has 1 aliphatic rings. The molecule has 0 radical (unpaired) electrons. The number of amides is 3. The third kappa shape index (κ3) is 3.38. The minimum Gasteiger partial charge on any atom is -0.390 e. The lowest BCUT2D eigenvalue weighted by Gasteiger charge is -2.26. The molecular weight excluding hydrogens is 248 g/mol. The summed E-state index contributed by atoms with van der Waals surface area (Å²) < 4.78 is 0. The highest BCUT2D eigenvalue weighted by Gasteiger charge is 2.35. The van der Waals surface area contributed by atoms with Gasteiger partial charge in [0.2, 0.25) is 11.8 Å². The van der Waals surface area contributed by atoms with Crippen LogP contribution in [-0.4, -0.2) is 35.0 Å². The maximum absolute atomic E-state index is 11.8.